The Bertz CT molecular complexity index is 198. The van der Waals surface area contributed by atoms with E-state index >= 15 is 0 Å². The highest BCUT2D eigenvalue weighted by Crippen LogP contribution is 2.17. The minimum atomic E-state index is -0.979. The van der Waals surface area contributed by atoms with Crippen LogP contribution in [0.2, 0.25) is 0 Å². The molecule has 1 atom stereocenters. The Labute approximate surface area is 64.8 Å². The SMILES string of the molecule is CC(C)C1CC(C(=O)O)=NO1. The Hall–Kier alpha value is -1.06. The van der Waals surface area contributed by atoms with Gasteiger partial charge in [0.15, 0.2) is 5.71 Å². The summed E-state index contributed by atoms with van der Waals surface area (Å²) in [5.41, 5.74) is 0.128. The molecular formula is C7H11NO3. The molecule has 1 unspecified atom stereocenters. The van der Waals surface area contributed by atoms with Crippen LogP contribution in [0, 0.1) is 5.92 Å². The quantitative estimate of drug-likeness (QED) is 0.647. The summed E-state index contributed by atoms with van der Waals surface area (Å²) < 4.78 is 0. The minimum Gasteiger partial charge on any atom is -0.477 e. The van der Waals surface area contributed by atoms with Crippen molar-refractivity contribution < 1.29 is 14.7 Å². The second kappa shape index (κ2) is 2.90. The Kier molecular flexibility index (Phi) is 2.12. The van der Waals surface area contributed by atoms with Crippen molar-refractivity contribution >= 4 is 11.7 Å². The normalized spacial score (nSPS) is 23.2. The average Bonchev–Trinajstić information content (AvgIpc) is 2.33. The van der Waals surface area contributed by atoms with Gasteiger partial charge >= 0.3 is 5.97 Å². The van der Waals surface area contributed by atoms with E-state index in [1.54, 1.807) is 0 Å². The van der Waals surface area contributed by atoms with Gasteiger partial charge in [-0.05, 0) is 5.92 Å². The summed E-state index contributed by atoms with van der Waals surface area (Å²) in [4.78, 5) is 15.3. The van der Waals surface area contributed by atoms with Crippen molar-refractivity contribution in [3.63, 3.8) is 0 Å². The molecule has 4 heteroatoms. The molecule has 0 spiro atoms. The molecule has 11 heavy (non-hydrogen) atoms. The van der Waals surface area contributed by atoms with Gasteiger partial charge in [0.05, 0.1) is 0 Å². The van der Waals surface area contributed by atoms with Gasteiger partial charge in [0.2, 0.25) is 0 Å². The summed E-state index contributed by atoms with van der Waals surface area (Å²) in [5.74, 6) is -0.663. The van der Waals surface area contributed by atoms with Crippen molar-refractivity contribution in [2.45, 2.75) is 26.4 Å². The summed E-state index contributed by atoms with van der Waals surface area (Å²) in [7, 11) is 0. The molecule has 1 aliphatic rings. The maximum atomic E-state index is 10.4. The molecule has 0 saturated carbocycles. The number of hydrogen-bond donors (Lipinski definition) is 1. The number of carboxylic acids is 1. The third kappa shape index (κ3) is 1.69. The second-order valence-electron chi connectivity index (χ2n) is 2.94. The van der Waals surface area contributed by atoms with Crippen LogP contribution in [0.4, 0.5) is 0 Å². The number of carboxylic acid groups (broad SMARTS) is 1. The maximum absolute atomic E-state index is 10.4. The maximum Gasteiger partial charge on any atom is 0.353 e. The van der Waals surface area contributed by atoms with Gasteiger partial charge in [0.1, 0.15) is 6.10 Å². The van der Waals surface area contributed by atoms with Gasteiger partial charge in [-0.15, -0.1) is 0 Å². The molecule has 0 bridgehead atoms. The topological polar surface area (TPSA) is 58.9 Å². The smallest absolute Gasteiger partial charge is 0.353 e. The van der Waals surface area contributed by atoms with Gasteiger partial charge in [-0.3, -0.25) is 0 Å². The van der Waals surface area contributed by atoms with E-state index in [0.717, 1.165) is 0 Å². The summed E-state index contributed by atoms with van der Waals surface area (Å²) in [5, 5.41) is 12.0. The van der Waals surface area contributed by atoms with Crippen LogP contribution in [0.25, 0.3) is 0 Å². The van der Waals surface area contributed by atoms with Crippen LogP contribution in [-0.4, -0.2) is 22.9 Å². The lowest BCUT2D eigenvalue weighted by atomic mass is 10.0. The summed E-state index contributed by atoms with van der Waals surface area (Å²) in [6, 6.07) is 0. The second-order valence-corrected chi connectivity index (χ2v) is 2.94. The van der Waals surface area contributed by atoms with Gasteiger partial charge < -0.3 is 9.94 Å². The number of nitrogens with zero attached hydrogens (tertiary/aromatic N) is 1. The number of rotatable bonds is 2. The van der Waals surface area contributed by atoms with Crippen LogP contribution in [0.5, 0.6) is 0 Å². The molecule has 0 fully saturated rings. The van der Waals surface area contributed by atoms with E-state index in [1.807, 2.05) is 13.8 Å². The lowest BCUT2D eigenvalue weighted by Crippen LogP contribution is -2.18. The summed E-state index contributed by atoms with van der Waals surface area (Å²) in [6.45, 7) is 3.95. The van der Waals surface area contributed by atoms with Gasteiger partial charge in [-0.1, -0.05) is 19.0 Å². The third-order valence-electron chi connectivity index (χ3n) is 1.68. The van der Waals surface area contributed by atoms with Crippen LogP contribution in [0.15, 0.2) is 5.16 Å². The van der Waals surface area contributed by atoms with Gasteiger partial charge in [0, 0.05) is 6.42 Å². The molecule has 4 nitrogen and oxygen atoms in total. The van der Waals surface area contributed by atoms with E-state index in [9.17, 15) is 4.79 Å². The molecule has 0 aromatic rings. The molecule has 62 valence electrons. The fraction of sp³-hybridized carbons (Fsp3) is 0.714. The standard InChI is InChI=1S/C7H11NO3/c1-4(2)6-3-5(7(9)10)8-11-6/h4,6H,3H2,1-2H3,(H,9,10). The summed E-state index contributed by atoms with van der Waals surface area (Å²) >= 11 is 0. The van der Waals surface area contributed by atoms with Crippen LogP contribution in [-0.2, 0) is 9.63 Å². The zero-order valence-corrected chi connectivity index (χ0v) is 6.57. The van der Waals surface area contributed by atoms with E-state index in [1.165, 1.54) is 0 Å². The van der Waals surface area contributed by atoms with Crippen molar-refractivity contribution in [1.29, 1.82) is 0 Å². The predicted octanol–water partition coefficient (Wildman–Crippen LogP) is 0.872. The molecule has 1 aliphatic heterocycles. The Balaban J connectivity index is 2.49. The van der Waals surface area contributed by atoms with Crippen molar-refractivity contribution in [2.75, 3.05) is 0 Å². The van der Waals surface area contributed by atoms with Crippen LogP contribution >= 0.6 is 0 Å². The molecule has 1 N–H and O–H groups in total. The Morgan fingerprint density at radius 3 is 2.73 bits per heavy atom. The van der Waals surface area contributed by atoms with Crippen molar-refractivity contribution in [1.82, 2.24) is 0 Å². The van der Waals surface area contributed by atoms with Gasteiger partial charge in [-0.2, -0.15) is 0 Å². The largest absolute Gasteiger partial charge is 0.477 e. The van der Waals surface area contributed by atoms with Crippen LogP contribution in [0.3, 0.4) is 0 Å². The third-order valence-corrected chi connectivity index (χ3v) is 1.68. The van der Waals surface area contributed by atoms with Crippen molar-refractivity contribution in [3.05, 3.63) is 0 Å². The first kappa shape index (κ1) is 8.04. The molecule has 0 aromatic carbocycles. The average molecular weight is 157 g/mol. The van der Waals surface area contributed by atoms with Gasteiger partial charge in [0.25, 0.3) is 0 Å². The first-order chi connectivity index (χ1) is 5.11. The fourth-order valence-corrected chi connectivity index (χ4v) is 0.880. The Morgan fingerprint density at radius 1 is 1.82 bits per heavy atom. The zero-order valence-electron chi connectivity index (χ0n) is 6.57. The first-order valence-corrected chi connectivity index (χ1v) is 3.57. The zero-order chi connectivity index (χ0) is 8.43. The molecule has 0 aromatic heterocycles. The molecule has 0 saturated heterocycles. The first-order valence-electron chi connectivity index (χ1n) is 3.57. The fourth-order valence-electron chi connectivity index (χ4n) is 0.880. The van der Waals surface area contributed by atoms with Crippen LogP contribution in [0.1, 0.15) is 20.3 Å². The van der Waals surface area contributed by atoms with Gasteiger partial charge in [-0.25, -0.2) is 4.79 Å². The lowest BCUT2D eigenvalue weighted by Gasteiger charge is -2.10. The number of oxime groups is 1. The van der Waals surface area contributed by atoms with Crippen LogP contribution < -0.4 is 0 Å². The van der Waals surface area contributed by atoms with E-state index < -0.39 is 5.97 Å². The molecule has 1 rings (SSSR count). The summed E-state index contributed by atoms with van der Waals surface area (Å²) in [6.07, 6.45) is 0.369. The monoisotopic (exact) mass is 157 g/mol. The molecular weight excluding hydrogens is 146 g/mol. The number of hydrogen-bond acceptors (Lipinski definition) is 3. The Morgan fingerprint density at radius 2 is 2.45 bits per heavy atom. The predicted molar refractivity (Wildman–Crippen MR) is 39.4 cm³/mol. The van der Waals surface area contributed by atoms with Crippen molar-refractivity contribution in [2.24, 2.45) is 11.1 Å². The molecule has 0 radical (unpaired) electrons. The highest BCUT2D eigenvalue weighted by atomic mass is 16.6. The van der Waals surface area contributed by atoms with E-state index in [2.05, 4.69) is 5.16 Å². The molecule has 1 heterocycles. The molecule has 0 aliphatic carbocycles. The number of carbonyl (C=O) groups is 1. The van der Waals surface area contributed by atoms with E-state index in [4.69, 9.17) is 9.94 Å². The highest BCUT2D eigenvalue weighted by molar-refractivity contribution is 6.35. The number of aliphatic carboxylic acids is 1. The minimum absolute atomic E-state index is 0.0545. The lowest BCUT2D eigenvalue weighted by molar-refractivity contribution is -0.129. The van der Waals surface area contributed by atoms with E-state index in [0.29, 0.717) is 12.3 Å². The van der Waals surface area contributed by atoms with Crippen molar-refractivity contribution in [3.8, 4) is 0 Å². The highest BCUT2D eigenvalue weighted by Gasteiger charge is 2.27. The molecule has 0 amide bonds. The van der Waals surface area contributed by atoms with E-state index in [-0.39, 0.29) is 11.8 Å².